The monoisotopic (exact) mass is 645 g/mol. The molecular weight excluding hydrogens is 601 g/mol. The Balaban J connectivity index is 1.09. The molecule has 2 atom stereocenters. The number of benzene rings is 3. The van der Waals surface area contributed by atoms with E-state index in [0.717, 1.165) is 88.0 Å². The largest absolute Gasteiger partial charge is 0.463 e. The normalized spacial score (nSPS) is 20.3. The van der Waals surface area contributed by atoms with Crippen LogP contribution in [0.15, 0.2) is 48.5 Å². The number of halogens is 2. The van der Waals surface area contributed by atoms with Crippen molar-refractivity contribution in [1.82, 2.24) is 30.4 Å². The zero-order valence-corrected chi connectivity index (χ0v) is 27.5. The number of aromatic nitrogens is 2. The molecule has 8 nitrogen and oxygen atoms in total. The van der Waals surface area contributed by atoms with E-state index in [0.29, 0.717) is 40.5 Å². The number of nitrogens with one attached hydrogen (secondary N) is 2. The number of rotatable bonds is 12. The summed E-state index contributed by atoms with van der Waals surface area (Å²) in [6.07, 6.45) is 5.52. The fourth-order valence-corrected chi connectivity index (χ4v) is 7.68. The van der Waals surface area contributed by atoms with Gasteiger partial charge in [0, 0.05) is 68.8 Å². The van der Waals surface area contributed by atoms with Crippen LogP contribution in [0.2, 0.25) is 5.02 Å². The van der Waals surface area contributed by atoms with Gasteiger partial charge in [-0.05, 0) is 74.6 Å². The summed E-state index contributed by atoms with van der Waals surface area (Å²) in [4.78, 5) is 16.8. The SMILES string of the molecule is CN(CCCCN1CCNCC1)CCCOc1nc(N2CC3CCC(C2)N3)c2cc(Cl)c(-c3cccc4ccccc34)c(F)c2n1. The Morgan fingerprint density at radius 1 is 0.957 bits per heavy atom. The van der Waals surface area contributed by atoms with Crippen LogP contribution in [-0.2, 0) is 0 Å². The van der Waals surface area contributed by atoms with Crippen molar-refractivity contribution < 1.29 is 9.13 Å². The minimum absolute atomic E-state index is 0.220. The van der Waals surface area contributed by atoms with Crippen LogP contribution < -0.4 is 20.3 Å². The van der Waals surface area contributed by atoms with E-state index < -0.39 is 5.82 Å². The minimum atomic E-state index is -0.439. The van der Waals surface area contributed by atoms with Gasteiger partial charge in [-0.15, -0.1) is 0 Å². The summed E-state index contributed by atoms with van der Waals surface area (Å²) in [7, 11) is 2.17. The first-order valence-electron chi connectivity index (χ1n) is 17.0. The van der Waals surface area contributed by atoms with E-state index in [4.69, 9.17) is 21.3 Å². The van der Waals surface area contributed by atoms with Gasteiger partial charge in [0.05, 0.1) is 11.6 Å². The van der Waals surface area contributed by atoms with Gasteiger partial charge in [-0.3, -0.25) is 0 Å². The van der Waals surface area contributed by atoms with Crippen molar-refractivity contribution in [3.8, 4) is 17.1 Å². The van der Waals surface area contributed by atoms with Crippen LogP contribution in [0.4, 0.5) is 10.2 Å². The van der Waals surface area contributed by atoms with E-state index in [9.17, 15) is 0 Å². The van der Waals surface area contributed by atoms with Crippen molar-refractivity contribution >= 4 is 39.1 Å². The number of fused-ring (bicyclic) bond motifs is 4. The van der Waals surface area contributed by atoms with Gasteiger partial charge in [-0.2, -0.15) is 9.97 Å². The second-order valence-corrected chi connectivity index (χ2v) is 13.6. The van der Waals surface area contributed by atoms with Crippen LogP contribution in [0.1, 0.15) is 32.1 Å². The third-order valence-electron chi connectivity index (χ3n) is 9.81. The highest BCUT2D eigenvalue weighted by molar-refractivity contribution is 6.35. The number of hydrogen-bond acceptors (Lipinski definition) is 8. The lowest BCUT2D eigenvalue weighted by atomic mass is 9.96. The third-order valence-corrected chi connectivity index (χ3v) is 10.1. The Morgan fingerprint density at radius 3 is 2.54 bits per heavy atom. The predicted octanol–water partition coefficient (Wildman–Crippen LogP) is 5.57. The molecule has 0 aliphatic carbocycles. The Morgan fingerprint density at radius 2 is 1.72 bits per heavy atom. The van der Waals surface area contributed by atoms with E-state index in [2.05, 4.69) is 37.4 Å². The standard InChI is InChI=1S/C36H45ClFN7O/c1-43(16-4-5-18-44-19-14-39-15-20-44)17-7-21-46-36-41-34-30(35(42-36)45-23-26-12-13-27(24-45)40-26)22-31(37)32(33(34)38)29-11-6-9-25-8-2-3-10-28(25)29/h2-3,6,8-11,22,26-27,39-40H,4-5,7,12-21,23-24H2,1H3. The lowest BCUT2D eigenvalue weighted by Gasteiger charge is -2.34. The molecule has 3 aromatic carbocycles. The number of nitrogens with zero attached hydrogens (tertiary/aromatic N) is 5. The molecule has 0 radical (unpaired) electrons. The summed E-state index contributed by atoms with van der Waals surface area (Å²) in [6, 6.07) is 16.7. The number of ether oxygens (including phenoxy) is 1. The molecule has 0 saturated carbocycles. The fourth-order valence-electron chi connectivity index (χ4n) is 7.39. The molecule has 3 aliphatic rings. The van der Waals surface area contributed by atoms with Gasteiger partial charge in [0.25, 0.3) is 0 Å². The van der Waals surface area contributed by atoms with Crippen LogP contribution in [0.25, 0.3) is 32.8 Å². The predicted molar refractivity (Wildman–Crippen MR) is 186 cm³/mol. The molecule has 0 spiro atoms. The van der Waals surface area contributed by atoms with Gasteiger partial charge < -0.3 is 30.1 Å². The Bertz CT molecular complexity index is 1650. The van der Waals surface area contributed by atoms with Crippen molar-refractivity contribution in [3.05, 3.63) is 59.4 Å². The van der Waals surface area contributed by atoms with Crippen molar-refractivity contribution in [2.24, 2.45) is 0 Å². The topological polar surface area (TPSA) is 68.8 Å². The molecule has 7 rings (SSSR count). The first kappa shape index (κ1) is 31.5. The zero-order chi connectivity index (χ0) is 31.5. The second kappa shape index (κ2) is 14.4. The number of unbranched alkanes of at least 4 members (excludes halogenated alkanes) is 1. The summed E-state index contributed by atoms with van der Waals surface area (Å²) < 4.78 is 22.9. The maximum atomic E-state index is 16.7. The fraction of sp³-hybridized carbons (Fsp3) is 0.500. The zero-order valence-electron chi connectivity index (χ0n) is 26.8. The number of piperazine rings is 2. The number of hydrogen-bond donors (Lipinski definition) is 2. The van der Waals surface area contributed by atoms with Crippen LogP contribution in [-0.4, -0.2) is 104 Å². The highest BCUT2D eigenvalue weighted by Crippen LogP contribution is 2.41. The van der Waals surface area contributed by atoms with Gasteiger partial charge in [0.1, 0.15) is 11.3 Å². The first-order chi connectivity index (χ1) is 22.5. The molecule has 0 amide bonds. The molecule has 2 bridgehead atoms. The highest BCUT2D eigenvalue weighted by atomic mass is 35.5. The quantitative estimate of drug-likeness (QED) is 0.194. The molecule has 2 unspecified atom stereocenters. The van der Waals surface area contributed by atoms with E-state index in [1.807, 2.05) is 48.5 Å². The molecule has 3 saturated heterocycles. The lowest BCUT2D eigenvalue weighted by Crippen LogP contribution is -2.51. The molecule has 4 heterocycles. The average Bonchev–Trinajstić information content (AvgIpc) is 3.42. The maximum Gasteiger partial charge on any atom is 0.319 e. The average molecular weight is 646 g/mol. The molecule has 2 N–H and O–H groups in total. The van der Waals surface area contributed by atoms with E-state index in [1.54, 1.807) is 0 Å². The summed E-state index contributed by atoms with van der Waals surface area (Å²) in [5.74, 6) is 0.260. The molecule has 1 aromatic heterocycles. The summed E-state index contributed by atoms with van der Waals surface area (Å²) in [5.41, 5.74) is 1.36. The highest BCUT2D eigenvalue weighted by Gasteiger charge is 2.34. The molecule has 3 fully saturated rings. The maximum absolute atomic E-state index is 16.7. The van der Waals surface area contributed by atoms with Crippen LogP contribution >= 0.6 is 11.6 Å². The van der Waals surface area contributed by atoms with Gasteiger partial charge in [-0.1, -0.05) is 54.1 Å². The van der Waals surface area contributed by atoms with Gasteiger partial charge in [0.2, 0.25) is 0 Å². The van der Waals surface area contributed by atoms with Crippen molar-refractivity contribution in [2.45, 2.75) is 44.2 Å². The van der Waals surface area contributed by atoms with Gasteiger partial charge in [-0.25, -0.2) is 4.39 Å². The number of anilines is 1. The van der Waals surface area contributed by atoms with Crippen LogP contribution in [0, 0.1) is 5.82 Å². The van der Waals surface area contributed by atoms with E-state index in [-0.39, 0.29) is 11.5 Å². The van der Waals surface area contributed by atoms with Crippen molar-refractivity contribution in [3.63, 3.8) is 0 Å². The summed E-state index contributed by atoms with van der Waals surface area (Å²) >= 11 is 6.91. The Kier molecular flexibility index (Phi) is 9.84. The third kappa shape index (κ3) is 6.94. The first-order valence-corrected chi connectivity index (χ1v) is 17.3. The Labute approximate surface area is 276 Å². The molecule has 10 heteroatoms. The summed E-state index contributed by atoms with van der Waals surface area (Å²) in [5, 5.41) is 10.1. The minimum Gasteiger partial charge on any atom is -0.463 e. The van der Waals surface area contributed by atoms with Crippen LogP contribution in [0.3, 0.4) is 0 Å². The van der Waals surface area contributed by atoms with Crippen molar-refractivity contribution in [2.75, 3.05) is 77.5 Å². The van der Waals surface area contributed by atoms with Gasteiger partial charge >= 0.3 is 6.01 Å². The smallest absolute Gasteiger partial charge is 0.319 e. The Hall–Kier alpha value is -3.08. The van der Waals surface area contributed by atoms with Crippen LogP contribution in [0.5, 0.6) is 6.01 Å². The summed E-state index contributed by atoms with van der Waals surface area (Å²) in [6.45, 7) is 9.77. The second-order valence-electron chi connectivity index (χ2n) is 13.1. The molecule has 3 aliphatic heterocycles. The molecule has 4 aromatic rings. The van der Waals surface area contributed by atoms with E-state index >= 15 is 4.39 Å². The van der Waals surface area contributed by atoms with E-state index in [1.165, 1.54) is 19.4 Å². The molecular formula is C36H45ClFN7O. The molecule has 46 heavy (non-hydrogen) atoms. The molecule has 244 valence electrons. The van der Waals surface area contributed by atoms with Crippen molar-refractivity contribution in [1.29, 1.82) is 0 Å². The van der Waals surface area contributed by atoms with Gasteiger partial charge in [0.15, 0.2) is 5.82 Å². The lowest BCUT2D eigenvalue weighted by molar-refractivity contribution is 0.224.